The lowest BCUT2D eigenvalue weighted by Crippen LogP contribution is -2.41. The number of carbonyl (C=O) groups excluding carboxylic acids is 2. The van der Waals surface area contributed by atoms with Gasteiger partial charge in [-0.1, -0.05) is 37.7 Å². The fraction of sp³-hybridized carbons (Fsp3) is 0.500. The summed E-state index contributed by atoms with van der Waals surface area (Å²) in [6, 6.07) is 7.02. The van der Waals surface area contributed by atoms with Crippen LogP contribution in [-0.4, -0.2) is 39.9 Å². The average Bonchev–Trinajstić information content (AvgIpc) is 3.00. The fourth-order valence-corrected chi connectivity index (χ4v) is 4.54. The highest BCUT2D eigenvalue weighted by atomic mass is 32.2. The van der Waals surface area contributed by atoms with Crippen molar-refractivity contribution < 1.29 is 19.1 Å². The maximum absolute atomic E-state index is 13.1. The maximum Gasteiger partial charge on any atom is 0.338 e. The predicted molar refractivity (Wildman–Crippen MR) is 115 cm³/mol. The average molecular weight is 417 g/mol. The van der Waals surface area contributed by atoms with Crippen LogP contribution in [0.1, 0.15) is 59.1 Å². The maximum atomic E-state index is 13.1. The molecule has 2 unspecified atom stereocenters. The predicted octanol–water partition coefficient (Wildman–Crippen LogP) is 4.47. The summed E-state index contributed by atoms with van der Waals surface area (Å²) >= 11 is 1.46. The summed E-state index contributed by atoms with van der Waals surface area (Å²) in [7, 11) is 0. The van der Waals surface area contributed by atoms with E-state index in [1.54, 1.807) is 11.8 Å². The molecule has 3 rings (SSSR count). The highest BCUT2D eigenvalue weighted by Gasteiger charge is 2.47. The van der Waals surface area contributed by atoms with E-state index >= 15 is 0 Å². The molecule has 1 amide bonds. The number of benzene rings is 1. The molecular weight excluding hydrogens is 388 g/mol. The van der Waals surface area contributed by atoms with Crippen molar-refractivity contribution in [3.63, 3.8) is 0 Å². The van der Waals surface area contributed by atoms with Crippen LogP contribution in [0.2, 0.25) is 0 Å². The lowest BCUT2D eigenvalue weighted by atomic mass is 9.94. The van der Waals surface area contributed by atoms with Crippen LogP contribution in [0.4, 0.5) is 0 Å². The number of esters is 1. The highest BCUT2D eigenvalue weighted by molar-refractivity contribution is 8.15. The largest absolute Gasteiger partial charge is 0.494 e. The first-order valence-electron chi connectivity index (χ1n) is 10.1. The van der Waals surface area contributed by atoms with Gasteiger partial charge >= 0.3 is 5.97 Å². The summed E-state index contributed by atoms with van der Waals surface area (Å²) in [5.41, 5.74) is 1.84. The number of amidine groups is 1. The van der Waals surface area contributed by atoms with E-state index in [0.717, 1.165) is 17.7 Å². The van der Waals surface area contributed by atoms with Gasteiger partial charge in [0.1, 0.15) is 5.75 Å². The zero-order valence-corrected chi connectivity index (χ0v) is 18.4. The summed E-state index contributed by atoms with van der Waals surface area (Å²) in [4.78, 5) is 32.3. The van der Waals surface area contributed by atoms with Crippen LogP contribution in [0.15, 0.2) is 40.5 Å². The van der Waals surface area contributed by atoms with Gasteiger partial charge in [0.2, 0.25) is 5.91 Å². The van der Waals surface area contributed by atoms with E-state index in [0.29, 0.717) is 29.5 Å². The van der Waals surface area contributed by atoms with Crippen LogP contribution in [0.3, 0.4) is 0 Å². The highest BCUT2D eigenvalue weighted by Crippen LogP contribution is 2.44. The van der Waals surface area contributed by atoms with E-state index in [1.807, 2.05) is 45.0 Å². The minimum atomic E-state index is -0.550. The standard InChI is InChI=1S/C22H28N2O4S/c1-6-12-27-16-10-8-15(9-11-16)19-18(21(26)28-13(3)4)14(5)23-22-24(19)20(25)17(7-2)29-22/h8-11,13,17,19H,6-7,12H2,1-5H3. The number of aliphatic imine (C=N–C) groups is 1. The Morgan fingerprint density at radius 2 is 1.93 bits per heavy atom. The molecule has 156 valence electrons. The molecule has 0 spiro atoms. The molecule has 0 saturated carbocycles. The molecule has 1 saturated heterocycles. The van der Waals surface area contributed by atoms with Crippen LogP contribution in [-0.2, 0) is 14.3 Å². The van der Waals surface area contributed by atoms with Crippen LogP contribution >= 0.6 is 11.8 Å². The molecule has 2 aliphatic heterocycles. The zero-order chi connectivity index (χ0) is 21.1. The van der Waals surface area contributed by atoms with Crippen molar-refractivity contribution in [2.45, 2.75) is 64.9 Å². The molecule has 0 aromatic heterocycles. The van der Waals surface area contributed by atoms with Crippen molar-refractivity contribution >= 4 is 28.8 Å². The molecule has 29 heavy (non-hydrogen) atoms. The lowest BCUT2D eigenvalue weighted by Gasteiger charge is -2.33. The Morgan fingerprint density at radius 3 is 2.52 bits per heavy atom. The number of nitrogens with zero attached hydrogens (tertiary/aromatic N) is 2. The quantitative estimate of drug-likeness (QED) is 0.614. The number of fused-ring (bicyclic) bond motifs is 1. The third-order valence-corrected chi connectivity index (χ3v) is 6.07. The molecule has 1 aromatic carbocycles. The fourth-order valence-electron chi connectivity index (χ4n) is 3.41. The molecule has 0 aliphatic carbocycles. The van der Waals surface area contributed by atoms with Gasteiger partial charge in [-0.05, 0) is 51.3 Å². The van der Waals surface area contributed by atoms with Crippen LogP contribution < -0.4 is 4.74 Å². The SMILES string of the molecule is CCCOc1ccc(C2C(C(=O)OC(C)C)=C(C)N=C3SC(CC)C(=O)N32)cc1. The Balaban J connectivity index is 2.03. The smallest absolute Gasteiger partial charge is 0.338 e. The van der Waals surface area contributed by atoms with Gasteiger partial charge < -0.3 is 9.47 Å². The Hall–Kier alpha value is -2.28. The van der Waals surface area contributed by atoms with Crippen molar-refractivity contribution in [2.24, 2.45) is 4.99 Å². The molecule has 2 atom stereocenters. The topological polar surface area (TPSA) is 68.2 Å². The molecule has 6 nitrogen and oxygen atoms in total. The number of carbonyl (C=O) groups is 2. The molecular formula is C22H28N2O4S. The van der Waals surface area contributed by atoms with E-state index in [-0.39, 0.29) is 17.3 Å². The van der Waals surface area contributed by atoms with Crippen molar-refractivity contribution in [3.05, 3.63) is 41.1 Å². The number of ether oxygens (including phenoxy) is 2. The number of hydrogen-bond acceptors (Lipinski definition) is 6. The molecule has 0 N–H and O–H groups in total. The second kappa shape index (κ2) is 9.03. The van der Waals surface area contributed by atoms with Crippen LogP contribution in [0.5, 0.6) is 5.75 Å². The first-order chi connectivity index (χ1) is 13.9. The number of rotatable bonds is 7. The van der Waals surface area contributed by atoms with Crippen LogP contribution in [0, 0.1) is 0 Å². The summed E-state index contributed by atoms with van der Waals surface area (Å²) in [6.45, 7) is 10.1. The van der Waals surface area contributed by atoms with Gasteiger partial charge in [-0.2, -0.15) is 0 Å². The first-order valence-corrected chi connectivity index (χ1v) is 11.0. The van der Waals surface area contributed by atoms with E-state index in [1.165, 1.54) is 11.8 Å². The van der Waals surface area contributed by atoms with Crippen molar-refractivity contribution in [2.75, 3.05) is 6.61 Å². The minimum Gasteiger partial charge on any atom is -0.494 e. The third kappa shape index (κ3) is 4.34. The lowest BCUT2D eigenvalue weighted by molar-refractivity contribution is -0.143. The second-order valence-electron chi connectivity index (χ2n) is 7.39. The van der Waals surface area contributed by atoms with Crippen molar-refractivity contribution in [3.8, 4) is 5.75 Å². The Labute approximate surface area is 176 Å². The molecule has 7 heteroatoms. The molecule has 2 aliphatic rings. The minimum absolute atomic E-state index is 0.0186. The van der Waals surface area contributed by atoms with Gasteiger partial charge in [-0.25, -0.2) is 9.79 Å². The number of hydrogen-bond donors (Lipinski definition) is 0. The second-order valence-corrected chi connectivity index (χ2v) is 8.56. The van der Waals surface area contributed by atoms with E-state index < -0.39 is 12.0 Å². The monoisotopic (exact) mass is 416 g/mol. The molecule has 1 fully saturated rings. The Bertz CT molecular complexity index is 845. The van der Waals surface area contributed by atoms with Gasteiger partial charge in [0.15, 0.2) is 5.17 Å². The number of allylic oxidation sites excluding steroid dienone is 1. The zero-order valence-electron chi connectivity index (χ0n) is 17.6. The summed E-state index contributed by atoms with van der Waals surface area (Å²) in [5, 5.41) is 0.466. The van der Waals surface area contributed by atoms with Crippen molar-refractivity contribution in [1.82, 2.24) is 4.90 Å². The van der Waals surface area contributed by atoms with Crippen LogP contribution in [0.25, 0.3) is 0 Å². The van der Waals surface area contributed by atoms with E-state index in [2.05, 4.69) is 11.9 Å². The van der Waals surface area contributed by atoms with Gasteiger partial charge in [0.25, 0.3) is 0 Å². The summed E-state index contributed by atoms with van der Waals surface area (Å²) in [5.74, 6) is 0.310. The number of thioether (sulfide) groups is 1. The van der Waals surface area contributed by atoms with Gasteiger partial charge in [-0.3, -0.25) is 9.69 Å². The summed E-state index contributed by atoms with van der Waals surface area (Å²) in [6.07, 6.45) is 1.38. The Kier molecular flexibility index (Phi) is 6.67. The Morgan fingerprint density at radius 1 is 1.24 bits per heavy atom. The molecule has 1 aromatic rings. The first kappa shape index (κ1) is 21.4. The van der Waals surface area contributed by atoms with E-state index in [4.69, 9.17) is 9.47 Å². The van der Waals surface area contributed by atoms with Gasteiger partial charge in [0, 0.05) is 0 Å². The van der Waals surface area contributed by atoms with E-state index in [9.17, 15) is 9.59 Å². The molecule has 2 heterocycles. The number of amides is 1. The normalized spacial score (nSPS) is 21.4. The molecule has 0 bridgehead atoms. The van der Waals surface area contributed by atoms with Crippen molar-refractivity contribution in [1.29, 1.82) is 0 Å². The van der Waals surface area contributed by atoms with Gasteiger partial charge in [0.05, 0.1) is 35.3 Å². The summed E-state index contributed by atoms with van der Waals surface area (Å²) < 4.78 is 11.2. The molecule has 0 radical (unpaired) electrons. The van der Waals surface area contributed by atoms with Gasteiger partial charge in [-0.15, -0.1) is 0 Å². The third-order valence-electron chi connectivity index (χ3n) is 4.75.